The molecule has 1 aliphatic rings. The molecule has 1 aliphatic carbocycles. The SMILES string of the molecule is Cc1ncsc1CN(C)C(=O)[C@@H]1CC[C@H](C(=O)O)C1. The first-order valence-corrected chi connectivity index (χ1v) is 7.23. The van der Waals surface area contributed by atoms with Gasteiger partial charge in [-0.3, -0.25) is 9.59 Å². The highest BCUT2D eigenvalue weighted by atomic mass is 32.1. The minimum atomic E-state index is -0.781. The van der Waals surface area contributed by atoms with E-state index in [0.717, 1.165) is 10.6 Å². The lowest BCUT2D eigenvalue weighted by atomic mass is 10.0. The number of hydrogen-bond donors (Lipinski definition) is 1. The lowest BCUT2D eigenvalue weighted by molar-refractivity contribution is -0.141. The lowest BCUT2D eigenvalue weighted by Gasteiger charge is -2.20. The van der Waals surface area contributed by atoms with E-state index in [9.17, 15) is 9.59 Å². The van der Waals surface area contributed by atoms with Gasteiger partial charge < -0.3 is 10.0 Å². The predicted molar refractivity (Wildman–Crippen MR) is 71.8 cm³/mol. The van der Waals surface area contributed by atoms with Gasteiger partial charge in [-0.05, 0) is 26.2 Å². The summed E-state index contributed by atoms with van der Waals surface area (Å²) in [6.45, 7) is 2.49. The van der Waals surface area contributed by atoms with Crippen LogP contribution in [0.15, 0.2) is 5.51 Å². The van der Waals surface area contributed by atoms with Crippen molar-refractivity contribution in [1.29, 1.82) is 0 Å². The number of thiazole rings is 1. The summed E-state index contributed by atoms with van der Waals surface area (Å²) in [5, 5.41) is 8.96. The smallest absolute Gasteiger partial charge is 0.306 e. The fourth-order valence-electron chi connectivity index (χ4n) is 2.51. The largest absolute Gasteiger partial charge is 0.481 e. The molecular weight excluding hydrogens is 264 g/mol. The normalized spacial score (nSPS) is 22.4. The Hall–Kier alpha value is -1.43. The summed E-state index contributed by atoms with van der Waals surface area (Å²) >= 11 is 1.54. The van der Waals surface area contributed by atoms with Gasteiger partial charge >= 0.3 is 5.97 Å². The zero-order valence-electron chi connectivity index (χ0n) is 11.1. The van der Waals surface area contributed by atoms with E-state index in [4.69, 9.17) is 5.11 Å². The van der Waals surface area contributed by atoms with Gasteiger partial charge in [-0.2, -0.15) is 0 Å². The van der Waals surface area contributed by atoms with Gasteiger partial charge in [0.15, 0.2) is 0 Å². The maximum Gasteiger partial charge on any atom is 0.306 e. The standard InChI is InChI=1S/C13H18N2O3S/c1-8-11(19-7-14-8)6-15(2)12(16)9-3-4-10(5-9)13(17)18/h7,9-10H,3-6H2,1-2H3,(H,17,18)/t9-,10+/m1/s1. The fraction of sp³-hybridized carbons (Fsp3) is 0.615. The molecule has 1 amide bonds. The first-order valence-electron chi connectivity index (χ1n) is 6.35. The maximum absolute atomic E-state index is 12.3. The Labute approximate surface area is 116 Å². The molecule has 0 saturated heterocycles. The maximum atomic E-state index is 12.3. The second kappa shape index (κ2) is 5.69. The van der Waals surface area contributed by atoms with Crippen LogP contribution < -0.4 is 0 Å². The molecule has 0 unspecified atom stereocenters. The number of carbonyl (C=O) groups excluding carboxylic acids is 1. The second-order valence-electron chi connectivity index (χ2n) is 5.10. The molecule has 1 saturated carbocycles. The van der Waals surface area contributed by atoms with Crippen molar-refractivity contribution in [3.63, 3.8) is 0 Å². The van der Waals surface area contributed by atoms with Crippen LogP contribution in [0.2, 0.25) is 0 Å². The van der Waals surface area contributed by atoms with Crippen molar-refractivity contribution in [3.8, 4) is 0 Å². The summed E-state index contributed by atoms with van der Waals surface area (Å²) in [4.78, 5) is 30.1. The number of nitrogens with zero attached hydrogens (tertiary/aromatic N) is 2. The van der Waals surface area contributed by atoms with Crippen LogP contribution >= 0.6 is 11.3 Å². The monoisotopic (exact) mass is 282 g/mol. The van der Waals surface area contributed by atoms with Crippen molar-refractivity contribution in [1.82, 2.24) is 9.88 Å². The van der Waals surface area contributed by atoms with Crippen LogP contribution in [0.4, 0.5) is 0 Å². The van der Waals surface area contributed by atoms with Gasteiger partial charge in [0.05, 0.1) is 23.7 Å². The number of carboxylic acids is 1. The molecule has 0 aromatic carbocycles. The first kappa shape index (κ1) is 14.0. The van der Waals surface area contributed by atoms with Gasteiger partial charge in [-0.1, -0.05) is 0 Å². The topological polar surface area (TPSA) is 70.5 Å². The van der Waals surface area contributed by atoms with Crippen molar-refractivity contribution in [2.75, 3.05) is 7.05 Å². The summed E-state index contributed by atoms with van der Waals surface area (Å²) in [5.41, 5.74) is 2.73. The van der Waals surface area contributed by atoms with E-state index in [-0.39, 0.29) is 17.7 Å². The van der Waals surface area contributed by atoms with E-state index in [1.807, 2.05) is 6.92 Å². The van der Waals surface area contributed by atoms with Crippen molar-refractivity contribution >= 4 is 23.2 Å². The number of carboxylic acid groups (broad SMARTS) is 1. The Kier molecular flexibility index (Phi) is 4.19. The molecule has 0 radical (unpaired) electrons. The number of amides is 1. The van der Waals surface area contributed by atoms with Gasteiger partial charge in [-0.25, -0.2) is 4.98 Å². The quantitative estimate of drug-likeness (QED) is 0.915. The summed E-state index contributed by atoms with van der Waals surface area (Å²) in [6.07, 6.45) is 1.77. The number of carbonyl (C=O) groups is 2. The van der Waals surface area contributed by atoms with Gasteiger partial charge in [0, 0.05) is 17.8 Å². The van der Waals surface area contributed by atoms with Crippen molar-refractivity contribution in [3.05, 3.63) is 16.1 Å². The van der Waals surface area contributed by atoms with E-state index in [0.29, 0.717) is 25.8 Å². The molecular formula is C13H18N2O3S. The molecule has 1 fully saturated rings. The van der Waals surface area contributed by atoms with Crippen molar-refractivity contribution in [2.24, 2.45) is 11.8 Å². The Morgan fingerprint density at radius 1 is 1.47 bits per heavy atom. The van der Waals surface area contributed by atoms with Gasteiger partial charge in [0.1, 0.15) is 0 Å². The van der Waals surface area contributed by atoms with Crippen LogP contribution in [0.3, 0.4) is 0 Å². The third kappa shape index (κ3) is 3.12. The highest BCUT2D eigenvalue weighted by molar-refractivity contribution is 7.09. The lowest BCUT2D eigenvalue weighted by Crippen LogP contribution is -2.31. The zero-order valence-corrected chi connectivity index (χ0v) is 11.9. The summed E-state index contributed by atoms with van der Waals surface area (Å²) in [7, 11) is 1.77. The van der Waals surface area contributed by atoms with E-state index in [1.54, 1.807) is 28.8 Å². The van der Waals surface area contributed by atoms with Gasteiger partial charge in [-0.15, -0.1) is 11.3 Å². The molecule has 0 aliphatic heterocycles. The van der Waals surface area contributed by atoms with Crippen molar-refractivity contribution in [2.45, 2.75) is 32.7 Å². The average molecular weight is 282 g/mol. The average Bonchev–Trinajstić information content (AvgIpc) is 2.98. The Morgan fingerprint density at radius 3 is 2.68 bits per heavy atom. The number of aryl methyl sites for hydroxylation is 1. The summed E-state index contributed by atoms with van der Waals surface area (Å²) in [5.74, 6) is -1.22. The zero-order chi connectivity index (χ0) is 14.0. The minimum absolute atomic E-state index is 0.0524. The molecule has 6 heteroatoms. The van der Waals surface area contributed by atoms with Crippen LogP contribution in [-0.2, 0) is 16.1 Å². The summed E-state index contributed by atoms with van der Waals surface area (Å²) < 4.78 is 0. The Balaban J connectivity index is 1.93. The molecule has 1 aromatic heterocycles. The number of aliphatic carboxylic acids is 1. The molecule has 2 atom stereocenters. The number of rotatable bonds is 4. The molecule has 1 N–H and O–H groups in total. The van der Waals surface area contributed by atoms with Crippen LogP contribution in [-0.4, -0.2) is 33.9 Å². The minimum Gasteiger partial charge on any atom is -0.481 e. The molecule has 5 nitrogen and oxygen atoms in total. The predicted octanol–water partition coefficient (Wildman–Crippen LogP) is 1.91. The molecule has 19 heavy (non-hydrogen) atoms. The molecule has 0 spiro atoms. The first-order chi connectivity index (χ1) is 8.99. The van der Waals surface area contributed by atoms with E-state index in [1.165, 1.54) is 0 Å². The highest BCUT2D eigenvalue weighted by Gasteiger charge is 2.35. The Morgan fingerprint density at radius 2 is 2.16 bits per heavy atom. The van der Waals surface area contributed by atoms with Crippen molar-refractivity contribution < 1.29 is 14.7 Å². The molecule has 2 rings (SSSR count). The molecule has 104 valence electrons. The summed E-state index contributed by atoms with van der Waals surface area (Å²) in [6, 6.07) is 0. The third-order valence-electron chi connectivity index (χ3n) is 3.73. The van der Waals surface area contributed by atoms with E-state index >= 15 is 0 Å². The third-order valence-corrected chi connectivity index (χ3v) is 4.65. The van der Waals surface area contributed by atoms with Gasteiger partial charge in [0.2, 0.25) is 5.91 Å². The number of hydrogen-bond acceptors (Lipinski definition) is 4. The van der Waals surface area contributed by atoms with E-state index in [2.05, 4.69) is 4.98 Å². The van der Waals surface area contributed by atoms with Crippen LogP contribution in [0.25, 0.3) is 0 Å². The molecule has 1 heterocycles. The second-order valence-corrected chi connectivity index (χ2v) is 6.04. The fourth-order valence-corrected chi connectivity index (χ4v) is 3.34. The molecule has 1 aromatic rings. The van der Waals surface area contributed by atoms with Crippen LogP contribution in [0.5, 0.6) is 0 Å². The number of aromatic nitrogens is 1. The molecule has 0 bridgehead atoms. The highest BCUT2D eigenvalue weighted by Crippen LogP contribution is 2.32. The van der Waals surface area contributed by atoms with Crippen LogP contribution in [0.1, 0.15) is 29.8 Å². The van der Waals surface area contributed by atoms with E-state index < -0.39 is 5.97 Å². The van der Waals surface area contributed by atoms with Crippen LogP contribution in [0, 0.1) is 18.8 Å². The Bertz CT molecular complexity index is 486. The van der Waals surface area contributed by atoms with Gasteiger partial charge in [0.25, 0.3) is 0 Å².